The highest BCUT2D eigenvalue weighted by Gasteiger charge is 2.34. The summed E-state index contributed by atoms with van der Waals surface area (Å²) in [5, 5.41) is 0. The lowest BCUT2D eigenvalue weighted by atomic mass is 10.1. The number of aromatic nitrogens is 1. The van der Waals surface area contributed by atoms with Gasteiger partial charge in [0, 0.05) is 44.1 Å². The van der Waals surface area contributed by atoms with Gasteiger partial charge in [0.05, 0.1) is 17.1 Å². The van der Waals surface area contributed by atoms with E-state index in [0.29, 0.717) is 24.4 Å². The van der Waals surface area contributed by atoms with Crippen molar-refractivity contribution in [3.63, 3.8) is 0 Å². The summed E-state index contributed by atoms with van der Waals surface area (Å²) in [6.07, 6.45) is 2.34. The summed E-state index contributed by atoms with van der Waals surface area (Å²) in [6, 6.07) is 3.77. The van der Waals surface area contributed by atoms with Crippen molar-refractivity contribution in [2.75, 3.05) is 37.7 Å². The SMILES string of the molecule is Cc1ccc(C(=O)N2CCN([C@@H]3CCS(=O)(=O)C3)CC2)cn1. The molecule has 120 valence electrons. The van der Waals surface area contributed by atoms with Gasteiger partial charge in [-0.05, 0) is 25.5 Å². The van der Waals surface area contributed by atoms with E-state index < -0.39 is 9.84 Å². The van der Waals surface area contributed by atoms with Crippen LogP contribution in [0.3, 0.4) is 0 Å². The van der Waals surface area contributed by atoms with Crippen LogP contribution < -0.4 is 0 Å². The van der Waals surface area contributed by atoms with E-state index in [-0.39, 0.29) is 17.7 Å². The van der Waals surface area contributed by atoms with Gasteiger partial charge in [0.25, 0.3) is 5.91 Å². The molecular formula is C15H21N3O3S. The number of amides is 1. The Kier molecular flexibility index (Phi) is 4.18. The van der Waals surface area contributed by atoms with Gasteiger partial charge >= 0.3 is 0 Å². The molecule has 2 fully saturated rings. The molecule has 2 aliphatic rings. The zero-order chi connectivity index (χ0) is 15.7. The molecule has 1 aromatic heterocycles. The normalized spacial score (nSPS) is 25.3. The number of piperazine rings is 1. The summed E-state index contributed by atoms with van der Waals surface area (Å²) in [5.74, 6) is 0.570. The molecule has 0 spiro atoms. The summed E-state index contributed by atoms with van der Waals surface area (Å²) < 4.78 is 23.1. The average molecular weight is 323 g/mol. The van der Waals surface area contributed by atoms with Crippen LogP contribution in [0.2, 0.25) is 0 Å². The zero-order valence-corrected chi connectivity index (χ0v) is 13.6. The fourth-order valence-electron chi connectivity index (χ4n) is 3.13. The molecule has 2 aliphatic heterocycles. The van der Waals surface area contributed by atoms with Crippen LogP contribution in [0.4, 0.5) is 0 Å². The second-order valence-corrected chi connectivity index (χ2v) is 8.30. The first-order valence-electron chi connectivity index (χ1n) is 7.61. The maximum absolute atomic E-state index is 12.4. The highest BCUT2D eigenvalue weighted by atomic mass is 32.2. The second-order valence-electron chi connectivity index (χ2n) is 6.07. The van der Waals surface area contributed by atoms with Gasteiger partial charge in [0.15, 0.2) is 9.84 Å². The van der Waals surface area contributed by atoms with Crippen molar-refractivity contribution in [3.8, 4) is 0 Å². The van der Waals surface area contributed by atoms with Gasteiger partial charge in [0.1, 0.15) is 0 Å². The molecule has 1 atom stereocenters. The molecular weight excluding hydrogens is 302 g/mol. The highest BCUT2D eigenvalue weighted by Crippen LogP contribution is 2.19. The monoisotopic (exact) mass is 323 g/mol. The molecule has 0 N–H and O–H groups in total. The minimum Gasteiger partial charge on any atom is -0.336 e. The van der Waals surface area contributed by atoms with E-state index in [4.69, 9.17) is 0 Å². The van der Waals surface area contributed by atoms with Crippen molar-refractivity contribution < 1.29 is 13.2 Å². The van der Waals surface area contributed by atoms with Crippen LogP contribution in [0.25, 0.3) is 0 Å². The number of pyridine rings is 1. The molecule has 0 aromatic carbocycles. The van der Waals surface area contributed by atoms with Crippen LogP contribution >= 0.6 is 0 Å². The molecule has 1 aromatic rings. The van der Waals surface area contributed by atoms with Gasteiger partial charge in [-0.1, -0.05) is 0 Å². The zero-order valence-electron chi connectivity index (χ0n) is 12.7. The summed E-state index contributed by atoms with van der Waals surface area (Å²) in [5.41, 5.74) is 1.51. The molecule has 7 heteroatoms. The van der Waals surface area contributed by atoms with E-state index in [2.05, 4.69) is 9.88 Å². The van der Waals surface area contributed by atoms with Crippen LogP contribution in [0.5, 0.6) is 0 Å². The molecule has 0 bridgehead atoms. The molecule has 3 rings (SSSR count). The largest absolute Gasteiger partial charge is 0.336 e. The third-order valence-corrected chi connectivity index (χ3v) is 6.23. The average Bonchev–Trinajstić information content (AvgIpc) is 2.88. The van der Waals surface area contributed by atoms with Gasteiger partial charge in [-0.2, -0.15) is 0 Å². The summed E-state index contributed by atoms with van der Waals surface area (Å²) >= 11 is 0. The maximum Gasteiger partial charge on any atom is 0.255 e. The minimum atomic E-state index is -2.85. The first kappa shape index (κ1) is 15.4. The van der Waals surface area contributed by atoms with Crippen molar-refractivity contribution in [1.29, 1.82) is 0 Å². The molecule has 0 saturated carbocycles. The standard InChI is InChI=1S/C15H21N3O3S/c1-12-2-3-13(10-16-12)15(19)18-7-5-17(6-8-18)14-4-9-22(20,21)11-14/h2-3,10,14H,4-9,11H2,1H3/t14-/m1/s1. The summed E-state index contributed by atoms with van der Waals surface area (Å²) in [4.78, 5) is 20.6. The Morgan fingerprint density at radius 1 is 1.23 bits per heavy atom. The van der Waals surface area contributed by atoms with Gasteiger partial charge < -0.3 is 4.90 Å². The summed E-state index contributed by atoms with van der Waals surface area (Å²) in [7, 11) is -2.85. The first-order chi connectivity index (χ1) is 10.4. The molecule has 1 amide bonds. The number of aryl methyl sites for hydroxylation is 1. The number of carbonyl (C=O) groups excluding carboxylic acids is 1. The quantitative estimate of drug-likeness (QED) is 0.785. The Hall–Kier alpha value is -1.47. The second kappa shape index (κ2) is 5.96. The Morgan fingerprint density at radius 2 is 1.95 bits per heavy atom. The van der Waals surface area contributed by atoms with Crippen LogP contribution in [-0.2, 0) is 9.84 Å². The highest BCUT2D eigenvalue weighted by molar-refractivity contribution is 7.91. The lowest BCUT2D eigenvalue weighted by Gasteiger charge is -2.37. The lowest BCUT2D eigenvalue weighted by molar-refractivity contribution is 0.0587. The fourth-order valence-corrected chi connectivity index (χ4v) is 4.89. The van der Waals surface area contributed by atoms with Gasteiger partial charge in [-0.3, -0.25) is 14.7 Å². The van der Waals surface area contributed by atoms with Crippen molar-refractivity contribution in [2.24, 2.45) is 0 Å². The Morgan fingerprint density at radius 3 is 2.50 bits per heavy atom. The molecule has 0 unspecified atom stereocenters. The molecule has 0 aliphatic carbocycles. The van der Waals surface area contributed by atoms with Gasteiger partial charge in [0.2, 0.25) is 0 Å². The topological polar surface area (TPSA) is 70.6 Å². The van der Waals surface area contributed by atoms with E-state index in [0.717, 1.165) is 25.2 Å². The smallest absolute Gasteiger partial charge is 0.255 e. The number of carbonyl (C=O) groups is 1. The van der Waals surface area contributed by atoms with Crippen molar-refractivity contribution in [3.05, 3.63) is 29.6 Å². The van der Waals surface area contributed by atoms with E-state index in [1.54, 1.807) is 12.3 Å². The minimum absolute atomic E-state index is 0.00573. The summed E-state index contributed by atoms with van der Waals surface area (Å²) in [6.45, 7) is 4.66. The van der Waals surface area contributed by atoms with Gasteiger partial charge in [-0.25, -0.2) is 8.42 Å². The molecule has 6 nitrogen and oxygen atoms in total. The van der Waals surface area contributed by atoms with E-state index in [1.165, 1.54) is 0 Å². The lowest BCUT2D eigenvalue weighted by Crippen LogP contribution is -2.52. The first-order valence-corrected chi connectivity index (χ1v) is 9.43. The van der Waals surface area contributed by atoms with Crippen molar-refractivity contribution in [1.82, 2.24) is 14.8 Å². The number of hydrogen-bond acceptors (Lipinski definition) is 5. The van der Waals surface area contributed by atoms with Crippen molar-refractivity contribution >= 4 is 15.7 Å². The number of nitrogens with zero attached hydrogens (tertiary/aromatic N) is 3. The molecule has 22 heavy (non-hydrogen) atoms. The number of sulfone groups is 1. The predicted molar refractivity (Wildman–Crippen MR) is 83.5 cm³/mol. The third kappa shape index (κ3) is 3.30. The van der Waals surface area contributed by atoms with Crippen LogP contribution in [0, 0.1) is 6.92 Å². The van der Waals surface area contributed by atoms with Crippen LogP contribution in [-0.4, -0.2) is 72.8 Å². The van der Waals surface area contributed by atoms with Gasteiger partial charge in [-0.15, -0.1) is 0 Å². The van der Waals surface area contributed by atoms with E-state index in [9.17, 15) is 13.2 Å². The fraction of sp³-hybridized carbons (Fsp3) is 0.600. The maximum atomic E-state index is 12.4. The Bertz CT molecular complexity index is 649. The van der Waals surface area contributed by atoms with Crippen LogP contribution in [0.15, 0.2) is 18.3 Å². The van der Waals surface area contributed by atoms with E-state index in [1.807, 2.05) is 17.9 Å². The number of rotatable bonds is 2. The van der Waals surface area contributed by atoms with Crippen molar-refractivity contribution in [2.45, 2.75) is 19.4 Å². The van der Waals surface area contributed by atoms with Crippen LogP contribution in [0.1, 0.15) is 22.5 Å². The Labute approximate surface area is 131 Å². The molecule has 3 heterocycles. The molecule has 2 saturated heterocycles. The van der Waals surface area contributed by atoms with E-state index >= 15 is 0 Å². The molecule has 0 radical (unpaired) electrons. The Balaban J connectivity index is 1.57. The number of hydrogen-bond donors (Lipinski definition) is 0. The predicted octanol–water partition coefficient (Wildman–Crippen LogP) is 0.335. The third-order valence-electron chi connectivity index (χ3n) is 4.48.